The Morgan fingerprint density at radius 3 is 2.67 bits per heavy atom. The largest absolute Gasteiger partial charge is 0.376 e. The second kappa shape index (κ2) is 7.47. The number of amides is 2. The molecule has 2 fully saturated rings. The first kappa shape index (κ1) is 19.2. The molecule has 30 heavy (non-hydrogen) atoms. The molecule has 1 unspecified atom stereocenters. The van der Waals surface area contributed by atoms with E-state index < -0.39 is 0 Å². The van der Waals surface area contributed by atoms with E-state index >= 15 is 0 Å². The van der Waals surface area contributed by atoms with Crippen LogP contribution in [0.5, 0.6) is 0 Å². The minimum absolute atomic E-state index is 0.0563. The van der Waals surface area contributed by atoms with E-state index in [4.69, 9.17) is 4.74 Å². The van der Waals surface area contributed by atoms with E-state index in [1.807, 2.05) is 24.3 Å². The van der Waals surface area contributed by atoms with E-state index in [1.54, 1.807) is 18.7 Å². The van der Waals surface area contributed by atoms with Crippen LogP contribution >= 0.6 is 0 Å². The molecule has 3 heterocycles. The van der Waals surface area contributed by atoms with Crippen LogP contribution in [0.3, 0.4) is 0 Å². The van der Waals surface area contributed by atoms with Crippen LogP contribution in [0, 0.1) is 5.92 Å². The number of benzene rings is 1. The third-order valence-electron chi connectivity index (χ3n) is 6.18. The molecular weight excluding hydrogens is 380 g/mol. The van der Waals surface area contributed by atoms with Gasteiger partial charge in [-0.2, -0.15) is 0 Å². The first-order valence-corrected chi connectivity index (χ1v) is 10.8. The molecule has 1 atom stereocenters. The summed E-state index contributed by atoms with van der Waals surface area (Å²) in [5.74, 6) is 0.438. The Bertz CT molecular complexity index is 1120. The van der Waals surface area contributed by atoms with Crippen LogP contribution in [-0.4, -0.2) is 59.3 Å². The van der Waals surface area contributed by atoms with Crippen LogP contribution in [0.15, 0.2) is 30.3 Å². The highest BCUT2D eigenvalue weighted by atomic mass is 16.5. The first-order valence-electron chi connectivity index (χ1n) is 10.8. The van der Waals surface area contributed by atoms with Crippen molar-refractivity contribution in [3.8, 4) is 0 Å². The lowest BCUT2D eigenvalue weighted by Gasteiger charge is -2.16. The molecule has 1 N–H and O–H groups in total. The molecule has 5 rings (SSSR count). The van der Waals surface area contributed by atoms with E-state index in [9.17, 15) is 9.59 Å². The number of aromatic nitrogens is 2. The quantitative estimate of drug-likeness (QED) is 0.703. The molecule has 2 aromatic heterocycles. The number of hydrogen-bond donors (Lipinski definition) is 1. The number of carbonyl (C=O) groups excluding carboxylic acids is 2. The molecule has 2 amide bonds. The van der Waals surface area contributed by atoms with Gasteiger partial charge in [0.05, 0.1) is 22.7 Å². The van der Waals surface area contributed by atoms with Crippen molar-refractivity contribution < 1.29 is 14.3 Å². The van der Waals surface area contributed by atoms with Gasteiger partial charge < -0.3 is 19.5 Å². The number of hydrogen-bond acceptors (Lipinski definition) is 3. The standard InChI is InChI=1S/C23H28N4O3/c1-25(2)23(29)27-20(22(28)24-13-16-6-5-11-30-16)12-19-21(27)17-7-3-4-8-18(17)26(19)14-15-9-10-15/h3-4,7-8,12,15-16H,5-6,9-11,13-14H2,1-2H3,(H,24,28). The Hall–Kier alpha value is -2.80. The van der Waals surface area contributed by atoms with Crippen molar-refractivity contribution in [2.45, 2.75) is 38.3 Å². The Morgan fingerprint density at radius 1 is 1.17 bits per heavy atom. The van der Waals surface area contributed by atoms with Gasteiger partial charge >= 0.3 is 6.03 Å². The topological polar surface area (TPSA) is 68.5 Å². The normalized spacial score (nSPS) is 18.9. The minimum Gasteiger partial charge on any atom is -0.376 e. The maximum Gasteiger partial charge on any atom is 0.328 e. The Morgan fingerprint density at radius 2 is 1.97 bits per heavy atom. The van der Waals surface area contributed by atoms with Crippen molar-refractivity contribution in [1.82, 2.24) is 19.4 Å². The molecule has 158 valence electrons. The summed E-state index contributed by atoms with van der Waals surface area (Å²) in [7, 11) is 3.43. The summed E-state index contributed by atoms with van der Waals surface area (Å²) in [6.45, 7) is 2.13. The van der Waals surface area contributed by atoms with Gasteiger partial charge in [-0.3, -0.25) is 9.36 Å². The molecule has 7 heteroatoms. The van der Waals surface area contributed by atoms with Gasteiger partial charge in [-0.15, -0.1) is 0 Å². The van der Waals surface area contributed by atoms with E-state index in [-0.39, 0.29) is 18.0 Å². The number of carbonyl (C=O) groups is 2. The second-order valence-corrected chi connectivity index (χ2v) is 8.69. The summed E-state index contributed by atoms with van der Waals surface area (Å²) >= 11 is 0. The molecule has 1 aliphatic carbocycles. The summed E-state index contributed by atoms with van der Waals surface area (Å²) < 4.78 is 9.48. The smallest absolute Gasteiger partial charge is 0.328 e. The predicted octanol–water partition coefficient (Wildman–Crippen LogP) is 3.44. The van der Waals surface area contributed by atoms with E-state index in [1.165, 1.54) is 17.7 Å². The zero-order valence-electron chi connectivity index (χ0n) is 17.6. The van der Waals surface area contributed by atoms with Gasteiger partial charge in [0.25, 0.3) is 5.91 Å². The van der Waals surface area contributed by atoms with Crippen LogP contribution in [0.1, 0.15) is 36.2 Å². The van der Waals surface area contributed by atoms with Gasteiger partial charge in [0.1, 0.15) is 5.69 Å². The molecule has 1 aliphatic heterocycles. The molecular formula is C23H28N4O3. The lowest BCUT2D eigenvalue weighted by Crippen LogP contribution is -2.36. The van der Waals surface area contributed by atoms with Crippen molar-refractivity contribution >= 4 is 33.9 Å². The second-order valence-electron chi connectivity index (χ2n) is 8.69. The van der Waals surface area contributed by atoms with Crippen LogP contribution in [0.25, 0.3) is 21.9 Å². The fraction of sp³-hybridized carbons (Fsp3) is 0.478. The summed E-state index contributed by atoms with van der Waals surface area (Å²) in [6.07, 6.45) is 4.51. The Labute approximate surface area is 175 Å². The molecule has 1 saturated carbocycles. The average molecular weight is 409 g/mol. The fourth-order valence-electron chi connectivity index (χ4n) is 4.42. The van der Waals surface area contributed by atoms with Gasteiger partial charge in [0.2, 0.25) is 0 Å². The number of ether oxygens (including phenoxy) is 1. The molecule has 1 saturated heterocycles. The number of nitrogens with zero attached hydrogens (tertiary/aromatic N) is 3. The minimum atomic E-state index is -0.237. The first-order chi connectivity index (χ1) is 14.5. The molecule has 1 aromatic carbocycles. The van der Waals surface area contributed by atoms with Crippen molar-refractivity contribution in [1.29, 1.82) is 0 Å². The number of para-hydroxylation sites is 1. The van der Waals surface area contributed by atoms with Crippen LogP contribution in [-0.2, 0) is 11.3 Å². The van der Waals surface area contributed by atoms with Gasteiger partial charge in [-0.1, -0.05) is 18.2 Å². The lowest BCUT2D eigenvalue weighted by atomic mass is 10.2. The summed E-state index contributed by atoms with van der Waals surface area (Å²) in [6, 6.07) is 9.80. The monoisotopic (exact) mass is 408 g/mol. The number of fused-ring (bicyclic) bond motifs is 3. The number of rotatable bonds is 5. The molecule has 0 bridgehead atoms. The Kier molecular flexibility index (Phi) is 4.77. The zero-order chi connectivity index (χ0) is 20.8. The lowest BCUT2D eigenvalue weighted by molar-refractivity contribution is 0.0851. The van der Waals surface area contributed by atoms with Crippen LogP contribution < -0.4 is 5.32 Å². The van der Waals surface area contributed by atoms with E-state index in [0.29, 0.717) is 18.2 Å². The van der Waals surface area contributed by atoms with Crippen molar-refractivity contribution in [3.63, 3.8) is 0 Å². The summed E-state index contributed by atoms with van der Waals surface area (Å²) in [5.41, 5.74) is 3.25. The fourth-order valence-corrected chi connectivity index (χ4v) is 4.42. The van der Waals surface area contributed by atoms with Crippen LogP contribution in [0.2, 0.25) is 0 Å². The summed E-state index contributed by atoms with van der Waals surface area (Å²) in [5, 5.41) is 3.98. The summed E-state index contributed by atoms with van der Waals surface area (Å²) in [4.78, 5) is 27.8. The van der Waals surface area contributed by atoms with Gasteiger partial charge in [-0.05, 0) is 43.7 Å². The van der Waals surface area contributed by atoms with Gasteiger partial charge in [0.15, 0.2) is 0 Å². The van der Waals surface area contributed by atoms with Crippen molar-refractivity contribution in [2.75, 3.05) is 27.2 Å². The highest BCUT2D eigenvalue weighted by Crippen LogP contribution is 2.37. The van der Waals surface area contributed by atoms with Crippen LogP contribution in [0.4, 0.5) is 4.79 Å². The van der Waals surface area contributed by atoms with E-state index in [2.05, 4.69) is 16.0 Å². The zero-order valence-corrected chi connectivity index (χ0v) is 17.6. The highest BCUT2D eigenvalue weighted by molar-refractivity contribution is 6.14. The Balaban J connectivity index is 1.63. The predicted molar refractivity (Wildman–Crippen MR) is 116 cm³/mol. The SMILES string of the molecule is CN(C)C(=O)n1c(C(=O)NCC2CCCO2)cc2c1c1ccccc1n2CC1CC1. The molecule has 0 radical (unpaired) electrons. The molecule has 7 nitrogen and oxygen atoms in total. The van der Waals surface area contributed by atoms with E-state index in [0.717, 1.165) is 47.9 Å². The third kappa shape index (κ3) is 3.27. The van der Waals surface area contributed by atoms with Crippen molar-refractivity contribution in [2.24, 2.45) is 5.92 Å². The third-order valence-corrected chi connectivity index (χ3v) is 6.18. The van der Waals surface area contributed by atoms with Crippen molar-refractivity contribution in [3.05, 3.63) is 36.0 Å². The average Bonchev–Trinajstić information content (AvgIpc) is 3.15. The molecule has 2 aliphatic rings. The molecule has 3 aromatic rings. The number of nitrogens with one attached hydrogen (secondary N) is 1. The molecule has 0 spiro atoms. The highest BCUT2D eigenvalue weighted by Gasteiger charge is 2.29. The maximum atomic E-state index is 13.2. The maximum absolute atomic E-state index is 13.2. The van der Waals surface area contributed by atoms with Gasteiger partial charge in [-0.25, -0.2) is 4.79 Å². The van der Waals surface area contributed by atoms with Gasteiger partial charge in [0, 0.05) is 39.2 Å².